The molecule has 0 aromatic heterocycles. The predicted octanol–water partition coefficient (Wildman–Crippen LogP) is 6.63. The van der Waals surface area contributed by atoms with E-state index in [-0.39, 0.29) is 5.91 Å². The van der Waals surface area contributed by atoms with Crippen LogP contribution in [-0.4, -0.2) is 25.0 Å². The van der Waals surface area contributed by atoms with E-state index in [0.29, 0.717) is 39.8 Å². The van der Waals surface area contributed by atoms with Crippen LogP contribution in [0.25, 0.3) is 0 Å². The van der Waals surface area contributed by atoms with E-state index in [1.54, 1.807) is 31.2 Å². The summed E-state index contributed by atoms with van der Waals surface area (Å²) in [5.74, 6) is 1.64. The molecule has 1 N–H and O–H groups in total. The number of hydrogen-bond acceptors (Lipinski definition) is 5. The molecule has 8 heteroatoms. The molecule has 0 saturated heterocycles. The number of halogens is 2. The number of methoxy groups -OCH3 is 1. The topological polar surface area (TPSA) is 59.9 Å². The second-order valence-corrected chi connectivity index (χ2v) is 9.55. The van der Waals surface area contributed by atoms with Crippen molar-refractivity contribution < 1.29 is 14.3 Å². The number of thioether (sulfide) groups is 1. The van der Waals surface area contributed by atoms with Crippen molar-refractivity contribution in [2.75, 3.05) is 12.9 Å². The summed E-state index contributed by atoms with van der Waals surface area (Å²) in [4.78, 5) is 13.2. The highest BCUT2D eigenvalue weighted by molar-refractivity contribution is 9.10. The zero-order valence-electron chi connectivity index (χ0n) is 18.3. The summed E-state index contributed by atoms with van der Waals surface area (Å²) in [6, 6.07) is 19.4. The maximum atomic E-state index is 12.1. The molecule has 3 aromatic carbocycles. The summed E-state index contributed by atoms with van der Waals surface area (Å²) >= 11 is 11.4. The molecule has 0 atom stereocenters. The summed E-state index contributed by atoms with van der Waals surface area (Å²) in [6.07, 6.45) is 1.94. The first kappa shape index (κ1) is 25.1. The molecule has 0 bridgehead atoms. The van der Waals surface area contributed by atoms with Crippen LogP contribution >= 0.6 is 39.3 Å². The van der Waals surface area contributed by atoms with Gasteiger partial charge in [-0.1, -0.05) is 47.5 Å². The van der Waals surface area contributed by atoms with E-state index in [0.717, 1.165) is 16.0 Å². The van der Waals surface area contributed by atoms with Crippen molar-refractivity contribution in [1.29, 1.82) is 0 Å². The van der Waals surface area contributed by atoms with Gasteiger partial charge in [0, 0.05) is 27.7 Å². The number of hydrazone groups is 1. The summed E-state index contributed by atoms with van der Waals surface area (Å²) in [6.45, 7) is 2.36. The zero-order chi connectivity index (χ0) is 23.6. The smallest absolute Gasteiger partial charge is 0.240 e. The number of nitrogens with zero attached hydrogens (tertiary/aromatic N) is 1. The van der Waals surface area contributed by atoms with E-state index in [1.807, 2.05) is 30.3 Å². The van der Waals surface area contributed by atoms with Crippen molar-refractivity contribution >= 4 is 51.4 Å². The summed E-state index contributed by atoms with van der Waals surface area (Å²) in [5, 5.41) is 4.70. The molecule has 33 heavy (non-hydrogen) atoms. The Morgan fingerprint density at radius 1 is 1.18 bits per heavy atom. The largest absolute Gasteiger partial charge is 0.493 e. The number of amides is 1. The fourth-order valence-corrected chi connectivity index (χ4v) is 4.47. The van der Waals surface area contributed by atoms with Gasteiger partial charge in [0.1, 0.15) is 6.61 Å². The Morgan fingerprint density at radius 2 is 1.94 bits per heavy atom. The number of ether oxygens (including phenoxy) is 2. The third-order valence-electron chi connectivity index (χ3n) is 4.60. The summed E-state index contributed by atoms with van der Waals surface area (Å²) < 4.78 is 12.1. The minimum Gasteiger partial charge on any atom is -0.493 e. The number of carbonyl (C=O) groups is 1. The third-order valence-corrected chi connectivity index (χ3v) is 6.57. The number of carbonyl (C=O) groups excluding carboxylic acids is 1. The number of hydrogen-bond donors (Lipinski definition) is 1. The molecule has 5 nitrogen and oxygen atoms in total. The Kier molecular flexibility index (Phi) is 9.66. The lowest BCUT2D eigenvalue weighted by molar-refractivity contribution is -0.120. The molecular formula is C25H24BrClN2O3S. The fraction of sp³-hybridized carbons (Fsp3) is 0.200. The van der Waals surface area contributed by atoms with Crippen molar-refractivity contribution in [1.82, 2.24) is 5.43 Å². The number of nitrogens with one attached hydrogen (secondary N) is 1. The average Bonchev–Trinajstić information content (AvgIpc) is 2.80. The van der Waals surface area contributed by atoms with Gasteiger partial charge in [-0.05, 0) is 58.7 Å². The van der Waals surface area contributed by atoms with E-state index < -0.39 is 0 Å². The molecule has 0 spiro atoms. The first-order chi connectivity index (χ1) is 16.0. The van der Waals surface area contributed by atoms with E-state index in [4.69, 9.17) is 21.1 Å². The van der Waals surface area contributed by atoms with Crippen LogP contribution in [0.5, 0.6) is 11.5 Å². The maximum Gasteiger partial charge on any atom is 0.240 e. The molecule has 0 unspecified atom stereocenters. The number of rotatable bonds is 10. The minimum absolute atomic E-state index is 0.142. The molecule has 3 aromatic rings. The first-order valence-electron chi connectivity index (χ1n) is 10.2. The van der Waals surface area contributed by atoms with Crippen molar-refractivity contribution in [3.63, 3.8) is 0 Å². The van der Waals surface area contributed by atoms with Gasteiger partial charge in [-0.15, -0.1) is 11.8 Å². The van der Waals surface area contributed by atoms with Crippen molar-refractivity contribution in [3.05, 3.63) is 86.8 Å². The van der Waals surface area contributed by atoms with Crippen molar-refractivity contribution in [2.24, 2.45) is 5.10 Å². The van der Waals surface area contributed by atoms with E-state index in [2.05, 4.69) is 57.6 Å². The molecule has 0 aliphatic rings. The summed E-state index contributed by atoms with van der Waals surface area (Å²) in [5.41, 5.74) is 5.41. The Hall–Kier alpha value is -2.48. The van der Waals surface area contributed by atoms with Gasteiger partial charge in [-0.3, -0.25) is 4.79 Å². The van der Waals surface area contributed by atoms with E-state index in [9.17, 15) is 4.79 Å². The molecule has 172 valence electrons. The highest BCUT2D eigenvalue weighted by atomic mass is 79.9. The first-order valence-corrected chi connectivity index (χ1v) is 12.4. The Balaban J connectivity index is 1.53. The van der Waals surface area contributed by atoms with Gasteiger partial charge in [0.25, 0.3) is 0 Å². The quantitative estimate of drug-likeness (QED) is 0.176. The molecule has 1 amide bonds. The number of benzene rings is 3. The van der Waals surface area contributed by atoms with Crippen molar-refractivity contribution in [3.8, 4) is 11.5 Å². The molecule has 3 rings (SSSR count). The van der Waals surface area contributed by atoms with Crippen LogP contribution in [0.4, 0.5) is 0 Å². The Bertz CT molecular complexity index is 1120. The van der Waals surface area contributed by atoms with Gasteiger partial charge >= 0.3 is 0 Å². The van der Waals surface area contributed by atoms with Crippen LogP contribution in [0, 0.1) is 6.92 Å². The highest BCUT2D eigenvalue weighted by Crippen LogP contribution is 2.37. The predicted molar refractivity (Wildman–Crippen MR) is 139 cm³/mol. The van der Waals surface area contributed by atoms with Gasteiger partial charge in [0.05, 0.1) is 17.8 Å². The molecule has 0 heterocycles. The standard InChI is InChI=1S/C25H24BrClN2O3S/c1-17-7-9-20(10-8-17)33-12-11-24(30)29-28-15-18-13-21(26)25(23(14-18)31-2)32-16-19-5-3-4-6-22(19)27/h3-10,13-15H,11-12,16H2,1-2H3,(H,29,30)/b28-15-. The van der Waals surface area contributed by atoms with Gasteiger partial charge < -0.3 is 9.47 Å². The van der Waals surface area contributed by atoms with Crippen LogP contribution in [-0.2, 0) is 11.4 Å². The second kappa shape index (κ2) is 12.7. The Labute approximate surface area is 211 Å². The van der Waals surface area contributed by atoms with E-state index >= 15 is 0 Å². The van der Waals surface area contributed by atoms with Gasteiger partial charge in [0.2, 0.25) is 5.91 Å². The molecule has 0 saturated carbocycles. The minimum atomic E-state index is -0.142. The van der Waals surface area contributed by atoms with Gasteiger partial charge in [-0.2, -0.15) is 5.10 Å². The number of aryl methyl sites for hydroxylation is 1. The lowest BCUT2D eigenvalue weighted by Crippen LogP contribution is -2.17. The SMILES string of the molecule is COc1cc(/C=N\NC(=O)CCSc2ccc(C)cc2)cc(Br)c1OCc1ccccc1Cl. The lowest BCUT2D eigenvalue weighted by atomic mass is 10.2. The van der Waals surface area contributed by atoms with Crippen LogP contribution in [0.3, 0.4) is 0 Å². The zero-order valence-corrected chi connectivity index (χ0v) is 21.5. The lowest BCUT2D eigenvalue weighted by Gasteiger charge is -2.14. The molecule has 0 radical (unpaired) electrons. The van der Waals surface area contributed by atoms with Crippen LogP contribution in [0.2, 0.25) is 5.02 Å². The average molecular weight is 548 g/mol. The molecule has 0 fully saturated rings. The highest BCUT2D eigenvalue weighted by Gasteiger charge is 2.12. The molecular weight excluding hydrogens is 524 g/mol. The second-order valence-electron chi connectivity index (χ2n) is 7.12. The van der Waals surface area contributed by atoms with Crippen LogP contribution in [0.1, 0.15) is 23.1 Å². The Morgan fingerprint density at radius 3 is 2.67 bits per heavy atom. The molecule has 0 aliphatic carbocycles. The monoisotopic (exact) mass is 546 g/mol. The van der Waals surface area contributed by atoms with Crippen molar-refractivity contribution in [2.45, 2.75) is 24.8 Å². The van der Waals surface area contributed by atoms with Gasteiger partial charge in [0.15, 0.2) is 11.5 Å². The van der Waals surface area contributed by atoms with Crippen LogP contribution < -0.4 is 14.9 Å². The fourth-order valence-electron chi connectivity index (χ4n) is 2.85. The van der Waals surface area contributed by atoms with E-state index in [1.165, 1.54) is 5.56 Å². The van der Waals surface area contributed by atoms with Crippen LogP contribution in [0.15, 0.2) is 75.1 Å². The maximum absolute atomic E-state index is 12.1. The van der Waals surface area contributed by atoms with Gasteiger partial charge in [-0.25, -0.2) is 5.43 Å². The summed E-state index contributed by atoms with van der Waals surface area (Å²) in [7, 11) is 1.57. The molecule has 0 aliphatic heterocycles. The normalized spacial score (nSPS) is 10.9. The third kappa shape index (κ3) is 7.81.